The third-order valence-electron chi connectivity index (χ3n) is 2.35. The number of hydrogen-bond acceptors (Lipinski definition) is 4. The minimum atomic E-state index is -5.02. The first-order valence-corrected chi connectivity index (χ1v) is 5.93. The van der Waals surface area contributed by atoms with Crippen molar-refractivity contribution in [3.8, 4) is 11.5 Å². The van der Waals surface area contributed by atoms with Gasteiger partial charge in [-0.05, 0) is 24.0 Å². The quantitative estimate of drug-likeness (QED) is 0.475. The van der Waals surface area contributed by atoms with Gasteiger partial charge in [0.15, 0.2) is 11.5 Å². The molecule has 124 valence electrons. The van der Waals surface area contributed by atoms with Gasteiger partial charge in [0.2, 0.25) is 0 Å². The summed E-state index contributed by atoms with van der Waals surface area (Å²) < 4.78 is 81.0. The molecule has 0 bridgehead atoms. The van der Waals surface area contributed by atoms with Crippen molar-refractivity contribution in [3.05, 3.63) is 18.2 Å². The lowest BCUT2D eigenvalue weighted by Gasteiger charge is -2.15. The van der Waals surface area contributed by atoms with E-state index in [-0.39, 0.29) is 5.46 Å². The maximum atomic E-state index is 12.2. The topological polar surface area (TPSA) is 58.9 Å². The van der Waals surface area contributed by atoms with Gasteiger partial charge in [-0.3, -0.25) is 0 Å². The Morgan fingerprint density at radius 2 is 1.64 bits per heavy atom. The van der Waals surface area contributed by atoms with Crippen LogP contribution in [0.3, 0.4) is 0 Å². The van der Waals surface area contributed by atoms with Gasteiger partial charge in [0.05, 0.1) is 6.61 Å². The highest BCUT2D eigenvalue weighted by Gasteiger charge is 2.33. The normalized spacial score (nSPS) is 12.2. The molecular weight excluding hydrogens is 321 g/mol. The first-order chi connectivity index (χ1) is 9.98. The minimum Gasteiger partial charge on any atom is -0.490 e. The molecule has 0 aromatic heterocycles. The molecule has 4 nitrogen and oxygen atoms in total. The zero-order valence-corrected chi connectivity index (χ0v) is 10.9. The Bertz CT molecular complexity index is 488. The molecule has 0 heterocycles. The molecule has 1 aromatic rings. The Hall–Kier alpha value is -1.62. The van der Waals surface area contributed by atoms with E-state index in [1.807, 2.05) is 0 Å². The summed E-state index contributed by atoms with van der Waals surface area (Å²) in [5.41, 5.74) is -0.194. The zero-order valence-electron chi connectivity index (χ0n) is 10.9. The van der Waals surface area contributed by atoms with Gasteiger partial charge >= 0.3 is 19.7 Å². The third kappa shape index (κ3) is 6.90. The largest absolute Gasteiger partial charge is 0.573 e. The van der Waals surface area contributed by atoms with Crippen LogP contribution < -0.4 is 14.9 Å². The molecule has 1 aromatic carbocycles. The van der Waals surface area contributed by atoms with Crippen LogP contribution in [0.25, 0.3) is 0 Å². The number of halogens is 6. The number of rotatable bonds is 6. The summed E-state index contributed by atoms with van der Waals surface area (Å²) in [4.78, 5) is 0. The maximum Gasteiger partial charge on any atom is 0.573 e. The number of alkyl halides is 6. The van der Waals surface area contributed by atoms with Crippen LogP contribution in [0.5, 0.6) is 11.5 Å². The lowest BCUT2D eigenvalue weighted by atomic mass is 9.80. The van der Waals surface area contributed by atoms with Crippen molar-refractivity contribution < 1.29 is 45.9 Å². The Morgan fingerprint density at radius 1 is 1.00 bits per heavy atom. The summed E-state index contributed by atoms with van der Waals surface area (Å²) in [6.07, 6.45) is -11.1. The van der Waals surface area contributed by atoms with Gasteiger partial charge in [-0.15, -0.1) is 13.2 Å². The second-order valence-corrected chi connectivity index (χ2v) is 4.19. The lowest BCUT2D eigenvalue weighted by molar-refractivity contribution is -0.275. The Balaban J connectivity index is 2.81. The molecule has 0 spiro atoms. The van der Waals surface area contributed by atoms with Crippen molar-refractivity contribution in [1.82, 2.24) is 0 Å². The fourth-order valence-corrected chi connectivity index (χ4v) is 1.46. The summed E-state index contributed by atoms with van der Waals surface area (Å²) in [5.74, 6) is -1.32. The molecule has 0 aliphatic heterocycles. The number of benzene rings is 1. The Kier molecular flexibility index (Phi) is 5.95. The van der Waals surface area contributed by atoms with Gasteiger partial charge in [-0.2, -0.15) is 13.2 Å². The van der Waals surface area contributed by atoms with Crippen LogP contribution in [-0.4, -0.2) is 36.3 Å². The summed E-state index contributed by atoms with van der Waals surface area (Å²) in [6, 6.07) is 2.58. The molecule has 0 radical (unpaired) electrons. The van der Waals surface area contributed by atoms with Crippen molar-refractivity contribution in [2.45, 2.75) is 25.4 Å². The van der Waals surface area contributed by atoms with E-state index in [1.165, 1.54) is 0 Å². The molecule has 0 saturated carbocycles. The molecule has 0 aliphatic carbocycles. The van der Waals surface area contributed by atoms with Crippen molar-refractivity contribution >= 4 is 12.6 Å². The molecule has 2 N–H and O–H groups in total. The van der Waals surface area contributed by atoms with E-state index in [9.17, 15) is 26.3 Å². The average molecular weight is 332 g/mol. The van der Waals surface area contributed by atoms with E-state index >= 15 is 0 Å². The summed E-state index contributed by atoms with van der Waals surface area (Å²) in [5, 5.41) is 17.9. The summed E-state index contributed by atoms with van der Waals surface area (Å²) >= 11 is 0. The van der Waals surface area contributed by atoms with Crippen LogP contribution in [-0.2, 0) is 0 Å². The van der Waals surface area contributed by atoms with Crippen LogP contribution in [0.4, 0.5) is 26.3 Å². The summed E-state index contributed by atoms with van der Waals surface area (Å²) in [7, 11) is -1.97. The SMILES string of the molecule is OB(O)c1ccc(OC(F)(F)F)c(OCCCC(F)(F)F)c1. The van der Waals surface area contributed by atoms with Gasteiger partial charge < -0.3 is 19.5 Å². The molecule has 0 amide bonds. The molecule has 0 atom stereocenters. The number of hydrogen-bond donors (Lipinski definition) is 2. The van der Waals surface area contributed by atoms with E-state index in [0.29, 0.717) is 0 Å². The number of ether oxygens (including phenoxy) is 2. The Morgan fingerprint density at radius 3 is 2.14 bits per heavy atom. The molecule has 1 rings (SSSR count). The van der Waals surface area contributed by atoms with E-state index in [0.717, 1.165) is 18.2 Å². The highest BCUT2D eigenvalue weighted by atomic mass is 19.4. The predicted molar refractivity (Wildman–Crippen MR) is 63.7 cm³/mol. The Labute approximate surface area is 121 Å². The first-order valence-electron chi connectivity index (χ1n) is 5.93. The van der Waals surface area contributed by atoms with Crippen LogP contribution in [0, 0.1) is 0 Å². The highest BCUT2D eigenvalue weighted by Crippen LogP contribution is 2.31. The monoisotopic (exact) mass is 332 g/mol. The van der Waals surface area contributed by atoms with Gasteiger partial charge in [0.25, 0.3) is 0 Å². The molecule has 22 heavy (non-hydrogen) atoms. The van der Waals surface area contributed by atoms with Crippen LogP contribution in [0.15, 0.2) is 18.2 Å². The van der Waals surface area contributed by atoms with Crippen molar-refractivity contribution in [2.75, 3.05) is 6.61 Å². The van der Waals surface area contributed by atoms with Gasteiger partial charge in [-0.25, -0.2) is 0 Å². The smallest absolute Gasteiger partial charge is 0.490 e. The van der Waals surface area contributed by atoms with Crippen LogP contribution in [0.2, 0.25) is 0 Å². The lowest BCUT2D eigenvalue weighted by Crippen LogP contribution is -2.30. The van der Waals surface area contributed by atoms with Crippen LogP contribution in [0.1, 0.15) is 12.8 Å². The fraction of sp³-hybridized carbons (Fsp3) is 0.455. The first kappa shape index (κ1) is 18.4. The molecular formula is C11H11BF6O4. The van der Waals surface area contributed by atoms with Crippen molar-refractivity contribution in [3.63, 3.8) is 0 Å². The summed E-state index contributed by atoms with van der Waals surface area (Å²) in [6.45, 7) is -0.515. The highest BCUT2D eigenvalue weighted by molar-refractivity contribution is 6.58. The maximum absolute atomic E-state index is 12.2. The van der Waals surface area contributed by atoms with Gasteiger partial charge in [-0.1, -0.05) is 6.07 Å². The molecule has 0 fully saturated rings. The minimum absolute atomic E-state index is 0.194. The third-order valence-corrected chi connectivity index (χ3v) is 2.35. The van der Waals surface area contributed by atoms with E-state index in [2.05, 4.69) is 4.74 Å². The second-order valence-electron chi connectivity index (χ2n) is 4.19. The average Bonchev–Trinajstić information content (AvgIpc) is 2.33. The van der Waals surface area contributed by atoms with E-state index < -0.39 is 50.6 Å². The molecule has 11 heteroatoms. The van der Waals surface area contributed by atoms with E-state index in [4.69, 9.17) is 14.8 Å². The molecule has 0 saturated heterocycles. The second kappa shape index (κ2) is 7.10. The van der Waals surface area contributed by atoms with E-state index in [1.54, 1.807) is 0 Å². The van der Waals surface area contributed by atoms with Gasteiger partial charge in [0, 0.05) is 6.42 Å². The van der Waals surface area contributed by atoms with Crippen molar-refractivity contribution in [1.29, 1.82) is 0 Å². The van der Waals surface area contributed by atoms with Crippen LogP contribution >= 0.6 is 0 Å². The van der Waals surface area contributed by atoms with Gasteiger partial charge in [0.1, 0.15) is 0 Å². The standard InChI is InChI=1S/C11H11BF6O4/c13-10(14,15)4-1-5-21-9-6-7(12(19)20)2-3-8(9)22-11(16,17)18/h2-3,6,19-20H,1,4-5H2. The zero-order chi connectivity index (χ0) is 17.0. The van der Waals surface area contributed by atoms with Crippen molar-refractivity contribution in [2.24, 2.45) is 0 Å². The predicted octanol–water partition coefficient (Wildman–Crippen LogP) is 1.99. The fourth-order valence-electron chi connectivity index (χ4n) is 1.46. The molecule has 0 unspecified atom stereocenters. The molecule has 0 aliphatic rings.